The molecule has 1 aromatic rings. The molecule has 0 amide bonds. The largest absolute Gasteiger partial charge is 0.466 e. The van der Waals surface area contributed by atoms with E-state index >= 15 is 0 Å². The monoisotopic (exact) mass is 308 g/mol. The van der Waals surface area contributed by atoms with E-state index in [9.17, 15) is 14.4 Å². The molecule has 1 fully saturated rings. The summed E-state index contributed by atoms with van der Waals surface area (Å²) in [4.78, 5) is 33.1. The first-order chi connectivity index (χ1) is 10.6. The van der Waals surface area contributed by atoms with Gasteiger partial charge < -0.3 is 14.2 Å². The lowest BCUT2D eigenvalue weighted by Gasteiger charge is -2.07. The summed E-state index contributed by atoms with van der Waals surface area (Å²) < 4.78 is 14.2. The van der Waals surface area contributed by atoms with Crippen LogP contribution in [-0.2, 0) is 19.0 Å². The minimum Gasteiger partial charge on any atom is -0.466 e. The standard InChI is InChI=1S/C12H14O4.C4H6O2/c1-3-15-11(13)9-7-5-6-8-10(9)12(14)16-4-2;5-4-2-1-3-6-4/h5-8H,3-4H2,1-2H3;1-3H2. The maximum Gasteiger partial charge on any atom is 0.338 e. The molecule has 0 aromatic heterocycles. The van der Waals surface area contributed by atoms with Gasteiger partial charge in [-0.3, -0.25) is 4.79 Å². The number of cyclic esters (lactones) is 1. The van der Waals surface area contributed by atoms with Crippen molar-refractivity contribution in [3.8, 4) is 0 Å². The van der Waals surface area contributed by atoms with E-state index in [1.54, 1.807) is 38.1 Å². The number of hydrogen-bond donors (Lipinski definition) is 0. The molecule has 120 valence electrons. The third-order valence-corrected chi connectivity index (χ3v) is 2.71. The average molecular weight is 308 g/mol. The van der Waals surface area contributed by atoms with E-state index in [-0.39, 0.29) is 30.3 Å². The molecule has 0 spiro atoms. The lowest BCUT2D eigenvalue weighted by molar-refractivity contribution is -0.137. The van der Waals surface area contributed by atoms with E-state index in [0.29, 0.717) is 13.0 Å². The van der Waals surface area contributed by atoms with Crippen LogP contribution in [0.25, 0.3) is 0 Å². The predicted octanol–water partition coefficient (Wildman–Crippen LogP) is 2.36. The molecule has 0 aliphatic carbocycles. The van der Waals surface area contributed by atoms with E-state index < -0.39 is 11.9 Å². The van der Waals surface area contributed by atoms with Crippen molar-refractivity contribution in [3.05, 3.63) is 35.4 Å². The fourth-order valence-electron chi connectivity index (χ4n) is 1.73. The Morgan fingerprint density at radius 2 is 1.55 bits per heavy atom. The maximum absolute atomic E-state index is 11.5. The Morgan fingerprint density at radius 3 is 1.82 bits per heavy atom. The first-order valence-corrected chi connectivity index (χ1v) is 7.19. The van der Waals surface area contributed by atoms with Gasteiger partial charge in [-0.2, -0.15) is 0 Å². The Bertz CT molecular complexity index is 478. The van der Waals surface area contributed by atoms with Crippen LogP contribution in [-0.4, -0.2) is 37.7 Å². The molecule has 1 heterocycles. The first kappa shape index (κ1) is 17.7. The van der Waals surface area contributed by atoms with Crippen molar-refractivity contribution in [2.45, 2.75) is 26.7 Å². The summed E-state index contributed by atoms with van der Waals surface area (Å²) in [6.45, 7) is 4.61. The fourth-order valence-corrected chi connectivity index (χ4v) is 1.73. The maximum atomic E-state index is 11.5. The third-order valence-electron chi connectivity index (χ3n) is 2.71. The summed E-state index contributed by atoms with van der Waals surface area (Å²) in [6.07, 6.45) is 1.54. The van der Waals surface area contributed by atoms with Crippen LogP contribution in [0.15, 0.2) is 24.3 Å². The topological polar surface area (TPSA) is 78.9 Å². The second kappa shape index (κ2) is 9.55. The second-order valence-electron chi connectivity index (χ2n) is 4.31. The van der Waals surface area contributed by atoms with Crippen LogP contribution >= 0.6 is 0 Å². The highest BCUT2D eigenvalue weighted by molar-refractivity contribution is 6.03. The van der Waals surface area contributed by atoms with Crippen molar-refractivity contribution in [2.75, 3.05) is 19.8 Å². The zero-order valence-corrected chi connectivity index (χ0v) is 12.8. The van der Waals surface area contributed by atoms with Gasteiger partial charge in [-0.15, -0.1) is 0 Å². The predicted molar refractivity (Wildman–Crippen MR) is 78.5 cm³/mol. The molecule has 1 aromatic carbocycles. The number of esters is 3. The molecule has 22 heavy (non-hydrogen) atoms. The third kappa shape index (κ3) is 5.55. The molecule has 1 aliphatic rings. The highest BCUT2D eigenvalue weighted by Crippen LogP contribution is 2.11. The molecule has 0 unspecified atom stereocenters. The quantitative estimate of drug-likeness (QED) is 0.627. The number of ether oxygens (including phenoxy) is 3. The number of benzene rings is 1. The minimum absolute atomic E-state index is 0.0463. The average Bonchev–Trinajstić information content (AvgIpc) is 2.99. The van der Waals surface area contributed by atoms with Gasteiger partial charge in [0.15, 0.2) is 0 Å². The van der Waals surface area contributed by atoms with E-state index in [2.05, 4.69) is 4.74 Å². The van der Waals surface area contributed by atoms with Gasteiger partial charge >= 0.3 is 17.9 Å². The van der Waals surface area contributed by atoms with Gasteiger partial charge in [-0.1, -0.05) is 12.1 Å². The summed E-state index contributed by atoms with van der Waals surface area (Å²) in [5, 5.41) is 0. The zero-order chi connectivity index (χ0) is 16.4. The Kier molecular flexibility index (Phi) is 7.67. The van der Waals surface area contributed by atoms with Crippen molar-refractivity contribution in [1.82, 2.24) is 0 Å². The van der Waals surface area contributed by atoms with Crippen LogP contribution in [0.4, 0.5) is 0 Å². The van der Waals surface area contributed by atoms with Crippen molar-refractivity contribution < 1.29 is 28.6 Å². The highest BCUT2D eigenvalue weighted by Gasteiger charge is 2.17. The molecule has 0 radical (unpaired) electrons. The van der Waals surface area contributed by atoms with Crippen LogP contribution in [0.3, 0.4) is 0 Å². The molecule has 2 rings (SSSR count). The van der Waals surface area contributed by atoms with E-state index in [1.165, 1.54) is 0 Å². The van der Waals surface area contributed by atoms with Gasteiger partial charge in [0.2, 0.25) is 0 Å². The van der Waals surface area contributed by atoms with Gasteiger partial charge in [-0.05, 0) is 32.4 Å². The van der Waals surface area contributed by atoms with Crippen LogP contribution < -0.4 is 0 Å². The molecule has 6 nitrogen and oxygen atoms in total. The second-order valence-corrected chi connectivity index (χ2v) is 4.31. The first-order valence-electron chi connectivity index (χ1n) is 7.19. The van der Waals surface area contributed by atoms with Crippen molar-refractivity contribution in [2.24, 2.45) is 0 Å². The fraction of sp³-hybridized carbons (Fsp3) is 0.438. The van der Waals surface area contributed by atoms with Crippen LogP contribution in [0, 0.1) is 0 Å². The van der Waals surface area contributed by atoms with E-state index in [0.717, 1.165) is 6.42 Å². The molecular formula is C16H20O6. The SMILES string of the molecule is CCOC(=O)c1ccccc1C(=O)OCC.O=C1CCCO1. The summed E-state index contributed by atoms with van der Waals surface area (Å²) in [5.74, 6) is -1.06. The Labute approximate surface area is 129 Å². The van der Waals surface area contributed by atoms with Gasteiger partial charge in [0.1, 0.15) is 0 Å². The number of carbonyl (C=O) groups excluding carboxylic acids is 3. The summed E-state index contributed by atoms with van der Waals surface area (Å²) in [5.41, 5.74) is 0.477. The van der Waals surface area contributed by atoms with Crippen molar-refractivity contribution in [1.29, 1.82) is 0 Å². The molecule has 0 atom stereocenters. The highest BCUT2D eigenvalue weighted by atomic mass is 16.5. The minimum atomic E-state index is -0.508. The van der Waals surface area contributed by atoms with Crippen molar-refractivity contribution in [3.63, 3.8) is 0 Å². The molecular weight excluding hydrogens is 288 g/mol. The van der Waals surface area contributed by atoms with Crippen molar-refractivity contribution >= 4 is 17.9 Å². The van der Waals surface area contributed by atoms with Gasteiger partial charge in [0.05, 0.1) is 30.9 Å². The molecule has 1 aliphatic heterocycles. The molecule has 0 saturated carbocycles. The van der Waals surface area contributed by atoms with E-state index in [4.69, 9.17) is 9.47 Å². The number of carbonyl (C=O) groups is 3. The summed E-state index contributed by atoms with van der Waals surface area (Å²) >= 11 is 0. The molecule has 0 bridgehead atoms. The normalized spacial score (nSPS) is 12.7. The molecule has 1 saturated heterocycles. The van der Waals surface area contributed by atoms with Gasteiger partial charge in [0, 0.05) is 6.42 Å². The van der Waals surface area contributed by atoms with Crippen LogP contribution in [0.1, 0.15) is 47.4 Å². The van der Waals surface area contributed by atoms with E-state index in [1.807, 2.05) is 0 Å². The van der Waals surface area contributed by atoms with Crippen LogP contribution in [0.2, 0.25) is 0 Å². The lowest BCUT2D eigenvalue weighted by atomic mass is 10.1. The molecule has 0 N–H and O–H groups in total. The number of rotatable bonds is 4. The van der Waals surface area contributed by atoms with Crippen LogP contribution in [0.5, 0.6) is 0 Å². The molecule has 6 heteroatoms. The number of hydrogen-bond acceptors (Lipinski definition) is 6. The van der Waals surface area contributed by atoms with Gasteiger partial charge in [-0.25, -0.2) is 9.59 Å². The summed E-state index contributed by atoms with van der Waals surface area (Å²) in [7, 11) is 0. The Morgan fingerprint density at radius 1 is 1.05 bits per heavy atom. The zero-order valence-electron chi connectivity index (χ0n) is 12.8. The lowest BCUT2D eigenvalue weighted by Crippen LogP contribution is -2.13. The summed E-state index contributed by atoms with van der Waals surface area (Å²) in [6, 6.07) is 6.44. The Balaban J connectivity index is 0.000000335. The van der Waals surface area contributed by atoms with Gasteiger partial charge in [0.25, 0.3) is 0 Å². The smallest absolute Gasteiger partial charge is 0.338 e. The Hall–Kier alpha value is -2.37.